The van der Waals surface area contributed by atoms with Crippen LogP contribution >= 0.6 is 0 Å². The Balaban J connectivity index is 1.22. The lowest BCUT2D eigenvalue weighted by Gasteiger charge is -2.13. The lowest BCUT2D eigenvalue weighted by molar-refractivity contribution is 0.894. The summed E-state index contributed by atoms with van der Waals surface area (Å²) in [6.45, 7) is 0. The van der Waals surface area contributed by atoms with Crippen LogP contribution in [0.2, 0.25) is 0 Å². The summed E-state index contributed by atoms with van der Waals surface area (Å²) in [6, 6.07) is 68.4. The maximum Gasteiger partial charge on any atom is 0.240 e. The number of fused-ring (bicyclic) bond motifs is 10. The molecule has 8 aromatic carbocycles. The van der Waals surface area contributed by atoms with Crippen LogP contribution in [0.3, 0.4) is 0 Å². The second-order valence-corrected chi connectivity index (χ2v) is 14.5. The molecular weight excluding hydrogens is 697 g/mol. The Labute approximate surface area is 327 Å². The van der Waals surface area contributed by atoms with Gasteiger partial charge in [0, 0.05) is 43.6 Å². The lowest BCUT2D eigenvalue weighted by atomic mass is 10.0. The maximum absolute atomic E-state index is 5.47. The van der Waals surface area contributed by atoms with Crippen LogP contribution in [0.5, 0.6) is 0 Å². The molecule has 6 heteroatoms. The van der Waals surface area contributed by atoms with Crippen LogP contribution in [0.1, 0.15) is 0 Å². The van der Waals surface area contributed by atoms with Gasteiger partial charge in [0.15, 0.2) is 5.82 Å². The van der Waals surface area contributed by atoms with Crippen LogP contribution in [-0.4, -0.2) is 28.7 Å². The molecule has 6 nitrogen and oxygen atoms in total. The zero-order valence-corrected chi connectivity index (χ0v) is 30.7. The largest absolute Gasteiger partial charge is 0.309 e. The third-order valence-corrected chi connectivity index (χ3v) is 11.3. The summed E-state index contributed by atoms with van der Waals surface area (Å²) in [5.74, 6) is 1.71. The van der Waals surface area contributed by atoms with Crippen LogP contribution in [0.15, 0.2) is 194 Å². The van der Waals surface area contributed by atoms with E-state index in [1.54, 1.807) is 0 Å². The van der Waals surface area contributed by atoms with Crippen molar-refractivity contribution >= 4 is 65.4 Å². The monoisotopic (exact) mass is 728 g/mol. The molecule has 0 bridgehead atoms. The molecular formula is C51H32N6. The maximum atomic E-state index is 5.47. The van der Waals surface area contributed by atoms with E-state index >= 15 is 0 Å². The van der Waals surface area contributed by atoms with Crippen molar-refractivity contribution in [3.05, 3.63) is 194 Å². The normalized spacial score (nSPS) is 11.9. The lowest BCUT2D eigenvalue weighted by Crippen LogP contribution is -2.10. The molecule has 0 radical (unpaired) electrons. The molecule has 57 heavy (non-hydrogen) atoms. The molecule has 4 aromatic heterocycles. The summed E-state index contributed by atoms with van der Waals surface area (Å²) in [6.07, 6.45) is 0. The van der Waals surface area contributed by atoms with E-state index in [9.17, 15) is 0 Å². The zero-order chi connectivity index (χ0) is 37.5. The third kappa shape index (κ3) is 4.74. The van der Waals surface area contributed by atoms with Gasteiger partial charge in [-0.15, -0.1) is 0 Å². The van der Waals surface area contributed by atoms with Gasteiger partial charge in [-0.05, 0) is 59.7 Å². The first-order valence-electron chi connectivity index (χ1n) is 19.2. The SMILES string of the molecule is c1ccc(-c2cccc(-c3nc(-n4c5ccccc5c5ccccc54)nc(-n4c5ccccc5c5ccc6c(c7ccccc7n6-c6ccccc6)c54)n3)c2)cc1. The molecule has 0 aliphatic carbocycles. The Hall–Kier alpha value is -7.83. The van der Waals surface area contributed by atoms with Crippen molar-refractivity contribution in [1.82, 2.24) is 28.7 Å². The van der Waals surface area contributed by atoms with E-state index in [0.29, 0.717) is 17.7 Å². The summed E-state index contributed by atoms with van der Waals surface area (Å²) in [5.41, 5.74) is 10.7. The van der Waals surface area contributed by atoms with Crippen molar-refractivity contribution in [3.63, 3.8) is 0 Å². The highest BCUT2D eigenvalue weighted by molar-refractivity contribution is 6.26. The third-order valence-electron chi connectivity index (χ3n) is 11.3. The highest BCUT2D eigenvalue weighted by Gasteiger charge is 2.24. The molecule has 4 heterocycles. The van der Waals surface area contributed by atoms with Crippen molar-refractivity contribution in [2.45, 2.75) is 0 Å². The van der Waals surface area contributed by atoms with Gasteiger partial charge in [-0.25, -0.2) is 0 Å². The minimum absolute atomic E-state index is 0.553. The molecule has 0 unspecified atom stereocenters. The van der Waals surface area contributed by atoms with Crippen LogP contribution < -0.4 is 0 Å². The molecule has 0 N–H and O–H groups in total. The second-order valence-electron chi connectivity index (χ2n) is 14.5. The van der Waals surface area contributed by atoms with Gasteiger partial charge in [0.1, 0.15) is 0 Å². The quantitative estimate of drug-likeness (QED) is 0.177. The predicted molar refractivity (Wildman–Crippen MR) is 234 cm³/mol. The van der Waals surface area contributed by atoms with Gasteiger partial charge in [-0.1, -0.05) is 146 Å². The Morgan fingerprint density at radius 3 is 1.46 bits per heavy atom. The molecule has 0 amide bonds. The van der Waals surface area contributed by atoms with Crippen LogP contribution in [0, 0.1) is 0 Å². The molecule has 12 rings (SSSR count). The summed E-state index contributed by atoms with van der Waals surface area (Å²) < 4.78 is 6.81. The Morgan fingerprint density at radius 2 is 0.789 bits per heavy atom. The molecule has 0 fully saturated rings. The van der Waals surface area contributed by atoms with Crippen LogP contribution in [-0.2, 0) is 0 Å². The number of para-hydroxylation sites is 5. The minimum atomic E-state index is 0.553. The average molecular weight is 729 g/mol. The molecule has 12 aromatic rings. The van der Waals surface area contributed by atoms with Crippen molar-refractivity contribution in [3.8, 4) is 40.1 Å². The first kappa shape index (κ1) is 31.5. The van der Waals surface area contributed by atoms with E-state index in [2.05, 4.69) is 202 Å². The minimum Gasteiger partial charge on any atom is -0.309 e. The fourth-order valence-corrected chi connectivity index (χ4v) is 8.86. The Morgan fingerprint density at radius 1 is 0.298 bits per heavy atom. The van der Waals surface area contributed by atoms with Gasteiger partial charge in [0.25, 0.3) is 0 Å². The smallest absolute Gasteiger partial charge is 0.240 e. The molecule has 0 saturated heterocycles. The van der Waals surface area contributed by atoms with E-state index in [0.717, 1.165) is 82.4 Å². The Bertz CT molecular complexity index is 3470. The molecule has 0 aliphatic rings. The second kappa shape index (κ2) is 12.3. The fourth-order valence-electron chi connectivity index (χ4n) is 8.86. The van der Waals surface area contributed by atoms with E-state index < -0.39 is 0 Å². The molecule has 0 aliphatic heterocycles. The molecule has 0 saturated carbocycles. The first-order chi connectivity index (χ1) is 28.3. The van der Waals surface area contributed by atoms with Crippen molar-refractivity contribution in [1.29, 1.82) is 0 Å². The first-order valence-corrected chi connectivity index (χ1v) is 19.2. The number of rotatable bonds is 5. The average Bonchev–Trinajstić information content (AvgIpc) is 3.93. The summed E-state index contributed by atoms with van der Waals surface area (Å²) in [5, 5.41) is 6.89. The van der Waals surface area contributed by atoms with Gasteiger partial charge in [-0.2, -0.15) is 15.0 Å². The van der Waals surface area contributed by atoms with E-state index in [-0.39, 0.29) is 0 Å². The summed E-state index contributed by atoms with van der Waals surface area (Å²) >= 11 is 0. The molecule has 0 atom stereocenters. The Kier molecular flexibility index (Phi) is 6.83. The van der Waals surface area contributed by atoms with Gasteiger partial charge in [0.05, 0.1) is 33.1 Å². The van der Waals surface area contributed by atoms with Crippen molar-refractivity contribution in [2.24, 2.45) is 0 Å². The van der Waals surface area contributed by atoms with E-state index in [4.69, 9.17) is 15.0 Å². The highest BCUT2D eigenvalue weighted by Crippen LogP contribution is 2.42. The van der Waals surface area contributed by atoms with Gasteiger partial charge in [-0.3, -0.25) is 9.13 Å². The van der Waals surface area contributed by atoms with Gasteiger partial charge < -0.3 is 4.57 Å². The number of aromatic nitrogens is 6. The number of nitrogens with zero attached hydrogens (tertiary/aromatic N) is 6. The molecule has 0 spiro atoms. The molecule has 266 valence electrons. The zero-order valence-electron chi connectivity index (χ0n) is 30.7. The number of hydrogen-bond donors (Lipinski definition) is 0. The summed E-state index contributed by atoms with van der Waals surface area (Å²) in [7, 11) is 0. The highest BCUT2D eigenvalue weighted by atomic mass is 15.3. The van der Waals surface area contributed by atoms with E-state index in [1.165, 1.54) is 5.39 Å². The topological polar surface area (TPSA) is 53.5 Å². The standard InChI is InChI=1S/C51H32N6/c1-3-16-33(17-4-1)34-18-15-19-35(32-34)49-52-50(56-42-26-11-7-22-37(42)38-23-8-12-27-43(38)56)54-51(53-49)57-44-28-13-9-24-39(44)40-30-31-46-47(48(40)57)41-25-10-14-29-45(41)55(46)36-20-5-2-6-21-36/h1-32H. The van der Waals surface area contributed by atoms with Crippen molar-refractivity contribution < 1.29 is 0 Å². The number of hydrogen-bond acceptors (Lipinski definition) is 3. The van der Waals surface area contributed by atoms with Crippen molar-refractivity contribution in [2.75, 3.05) is 0 Å². The fraction of sp³-hybridized carbons (Fsp3) is 0. The van der Waals surface area contributed by atoms with Crippen LogP contribution in [0.4, 0.5) is 0 Å². The predicted octanol–water partition coefficient (Wildman–Crippen LogP) is 12.5. The van der Waals surface area contributed by atoms with Gasteiger partial charge >= 0.3 is 0 Å². The summed E-state index contributed by atoms with van der Waals surface area (Å²) in [4.78, 5) is 16.2. The van der Waals surface area contributed by atoms with Crippen LogP contribution in [0.25, 0.3) is 106 Å². The van der Waals surface area contributed by atoms with E-state index in [1.807, 2.05) is 6.07 Å². The van der Waals surface area contributed by atoms with Gasteiger partial charge in [0.2, 0.25) is 11.9 Å². The number of benzene rings is 8.